The molecule has 0 spiro atoms. The van der Waals surface area contributed by atoms with E-state index < -0.39 is 0 Å². The van der Waals surface area contributed by atoms with Crippen molar-refractivity contribution in [3.05, 3.63) is 212 Å². The van der Waals surface area contributed by atoms with Crippen molar-refractivity contribution in [3.63, 3.8) is 0 Å². The zero-order chi connectivity index (χ0) is 37.0. The van der Waals surface area contributed by atoms with Gasteiger partial charge in [-0.25, -0.2) is 0 Å². The van der Waals surface area contributed by atoms with Gasteiger partial charge in [0.1, 0.15) is 11.2 Å². The van der Waals surface area contributed by atoms with Crippen molar-refractivity contribution in [2.24, 2.45) is 0 Å². The van der Waals surface area contributed by atoms with Crippen LogP contribution in [0.25, 0.3) is 87.6 Å². The molecule has 1 heterocycles. The van der Waals surface area contributed by atoms with Crippen LogP contribution in [0, 0.1) is 0 Å². The van der Waals surface area contributed by atoms with Crippen LogP contribution in [0.5, 0.6) is 0 Å². The highest BCUT2D eigenvalue weighted by molar-refractivity contribution is 6.14. The fourth-order valence-corrected chi connectivity index (χ4v) is 8.63. The summed E-state index contributed by atoms with van der Waals surface area (Å²) in [6, 6.07) is 76.5. The maximum absolute atomic E-state index is 6.44. The minimum Gasteiger partial charge on any atom is -0.455 e. The standard InChI is InChI=1S/C54H35NO/c1-3-16-42-36(13-1)15-11-23-46(42)48-20-7-9-25-52(48)55(40-31-27-37(28-32-40)44-22-12-24-50-49-21-8-10-26-53(49)56-54(44)50)41-33-29-38(30-34-41)51-35-39-14-2-4-17-43(39)45-18-5-6-19-47(45)51/h1-35H. The number of hydrogen-bond donors (Lipinski definition) is 0. The molecule has 0 fully saturated rings. The van der Waals surface area contributed by atoms with Crippen LogP contribution in [0.3, 0.4) is 0 Å². The Labute approximate surface area is 325 Å². The summed E-state index contributed by atoms with van der Waals surface area (Å²) < 4.78 is 6.44. The van der Waals surface area contributed by atoms with Gasteiger partial charge >= 0.3 is 0 Å². The lowest BCUT2D eigenvalue weighted by Gasteiger charge is -2.28. The molecule has 1 aromatic heterocycles. The van der Waals surface area contributed by atoms with Crippen molar-refractivity contribution in [3.8, 4) is 33.4 Å². The van der Waals surface area contributed by atoms with Gasteiger partial charge in [0, 0.05) is 33.3 Å². The molecule has 11 rings (SSSR count). The van der Waals surface area contributed by atoms with Crippen molar-refractivity contribution in [2.45, 2.75) is 0 Å². The number of para-hydroxylation sites is 3. The highest BCUT2D eigenvalue weighted by atomic mass is 16.3. The van der Waals surface area contributed by atoms with E-state index in [0.717, 1.165) is 50.1 Å². The van der Waals surface area contributed by atoms with Gasteiger partial charge in [0.25, 0.3) is 0 Å². The Morgan fingerprint density at radius 1 is 0.304 bits per heavy atom. The minimum absolute atomic E-state index is 0.905. The highest BCUT2D eigenvalue weighted by Crippen LogP contribution is 2.45. The van der Waals surface area contributed by atoms with E-state index in [-0.39, 0.29) is 0 Å². The predicted octanol–water partition coefficient (Wildman–Crippen LogP) is 15.5. The molecule has 0 bridgehead atoms. The van der Waals surface area contributed by atoms with Crippen molar-refractivity contribution >= 4 is 71.3 Å². The quantitative estimate of drug-likeness (QED) is 0.160. The second kappa shape index (κ2) is 13.2. The summed E-state index contributed by atoms with van der Waals surface area (Å²) in [7, 11) is 0. The van der Waals surface area contributed by atoms with E-state index in [4.69, 9.17) is 4.42 Å². The van der Waals surface area contributed by atoms with Crippen LogP contribution in [0.1, 0.15) is 0 Å². The molecule has 0 atom stereocenters. The summed E-state index contributed by atoms with van der Waals surface area (Å²) in [6.07, 6.45) is 0. The fourth-order valence-electron chi connectivity index (χ4n) is 8.63. The molecule has 2 nitrogen and oxygen atoms in total. The van der Waals surface area contributed by atoms with E-state index in [9.17, 15) is 0 Å². The second-order valence-electron chi connectivity index (χ2n) is 14.4. The Bertz CT molecular complexity index is 3240. The van der Waals surface area contributed by atoms with E-state index >= 15 is 0 Å². The van der Waals surface area contributed by atoms with Crippen LogP contribution in [0.4, 0.5) is 17.1 Å². The molecule has 2 heteroatoms. The second-order valence-corrected chi connectivity index (χ2v) is 14.4. The van der Waals surface area contributed by atoms with Crippen molar-refractivity contribution in [1.29, 1.82) is 0 Å². The summed E-state index contributed by atoms with van der Waals surface area (Å²) in [5, 5.41) is 9.78. The van der Waals surface area contributed by atoms with Crippen molar-refractivity contribution < 1.29 is 4.42 Å². The average Bonchev–Trinajstić information content (AvgIpc) is 3.66. The molecule has 56 heavy (non-hydrogen) atoms. The fraction of sp³-hybridized carbons (Fsp3) is 0. The number of anilines is 3. The summed E-state index contributed by atoms with van der Waals surface area (Å²) >= 11 is 0. The van der Waals surface area contributed by atoms with Crippen LogP contribution < -0.4 is 4.90 Å². The van der Waals surface area contributed by atoms with E-state index in [0.29, 0.717) is 0 Å². The Hall–Kier alpha value is -7.42. The van der Waals surface area contributed by atoms with Gasteiger partial charge in [0.15, 0.2) is 0 Å². The first-order valence-electron chi connectivity index (χ1n) is 19.2. The molecule has 0 amide bonds. The maximum atomic E-state index is 6.44. The first-order valence-corrected chi connectivity index (χ1v) is 19.2. The zero-order valence-corrected chi connectivity index (χ0v) is 30.6. The normalized spacial score (nSPS) is 11.6. The van der Waals surface area contributed by atoms with Gasteiger partial charge in [0.05, 0.1) is 5.69 Å². The number of nitrogens with zero attached hydrogens (tertiary/aromatic N) is 1. The first-order chi connectivity index (χ1) is 27.8. The molecule has 0 aliphatic heterocycles. The lowest BCUT2D eigenvalue weighted by molar-refractivity contribution is 0.670. The van der Waals surface area contributed by atoms with E-state index in [1.807, 2.05) is 12.1 Å². The summed E-state index contributed by atoms with van der Waals surface area (Å²) in [4.78, 5) is 2.39. The molecule has 0 aliphatic rings. The summed E-state index contributed by atoms with van der Waals surface area (Å²) in [6.45, 7) is 0. The largest absolute Gasteiger partial charge is 0.455 e. The van der Waals surface area contributed by atoms with Gasteiger partial charge < -0.3 is 9.32 Å². The first kappa shape index (κ1) is 32.0. The van der Waals surface area contributed by atoms with Gasteiger partial charge in [-0.15, -0.1) is 0 Å². The third kappa shape index (κ3) is 5.26. The van der Waals surface area contributed by atoms with Crippen LogP contribution >= 0.6 is 0 Å². The number of benzene rings is 10. The molecule has 0 saturated heterocycles. The Morgan fingerprint density at radius 2 is 0.821 bits per heavy atom. The molecule has 10 aromatic carbocycles. The molecule has 11 aromatic rings. The topological polar surface area (TPSA) is 16.4 Å². The summed E-state index contributed by atoms with van der Waals surface area (Å²) in [5.74, 6) is 0. The number of furan rings is 1. The molecular formula is C54H35NO. The Balaban J connectivity index is 1.07. The Kier molecular flexibility index (Phi) is 7.53. The van der Waals surface area contributed by atoms with Crippen LogP contribution in [-0.2, 0) is 0 Å². The van der Waals surface area contributed by atoms with E-state index in [2.05, 4.69) is 205 Å². The van der Waals surface area contributed by atoms with Crippen LogP contribution in [0.2, 0.25) is 0 Å². The van der Waals surface area contributed by atoms with E-state index in [1.165, 1.54) is 54.6 Å². The van der Waals surface area contributed by atoms with Gasteiger partial charge in [-0.05, 0) is 97.0 Å². The lowest BCUT2D eigenvalue weighted by atomic mass is 9.93. The molecular weight excluding hydrogens is 679 g/mol. The smallest absolute Gasteiger partial charge is 0.143 e. The lowest BCUT2D eigenvalue weighted by Crippen LogP contribution is -2.11. The van der Waals surface area contributed by atoms with E-state index in [1.54, 1.807) is 0 Å². The van der Waals surface area contributed by atoms with Crippen LogP contribution in [0.15, 0.2) is 217 Å². The zero-order valence-electron chi connectivity index (χ0n) is 30.6. The number of rotatable bonds is 6. The predicted molar refractivity (Wildman–Crippen MR) is 237 cm³/mol. The molecule has 0 radical (unpaired) electrons. The van der Waals surface area contributed by atoms with Gasteiger partial charge in [-0.3, -0.25) is 0 Å². The van der Waals surface area contributed by atoms with Gasteiger partial charge in [-0.1, -0.05) is 170 Å². The highest BCUT2D eigenvalue weighted by Gasteiger charge is 2.20. The monoisotopic (exact) mass is 713 g/mol. The number of fused-ring (bicyclic) bond motifs is 7. The Morgan fingerprint density at radius 3 is 1.61 bits per heavy atom. The van der Waals surface area contributed by atoms with Gasteiger partial charge in [0.2, 0.25) is 0 Å². The maximum Gasteiger partial charge on any atom is 0.143 e. The average molecular weight is 714 g/mol. The molecule has 0 N–H and O–H groups in total. The minimum atomic E-state index is 0.905. The third-order valence-electron chi connectivity index (χ3n) is 11.3. The molecule has 0 aliphatic carbocycles. The SMILES string of the molecule is c1ccc(N(c2ccc(-c3cc4ccccc4c4ccccc34)cc2)c2ccc(-c3cccc4c3oc3ccccc34)cc2)c(-c2cccc3ccccc23)c1. The van der Waals surface area contributed by atoms with Crippen LogP contribution in [-0.4, -0.2) is 0 Å². The van der Waals surface area contributed by atoms with Crippen molar-refractivity contribution in [1.82, 2.24) is 0 Å². The molecule has 0 saturated carbocycles. The third-order valence-corrected chi connectivity index (χ3v) is 11.3. The van der Waals surface area contributed by atoms with Crippen molar-refractivity contribution in [2.75, 3.05) is 4.90 Å². The summed E-state index contributed by atoms with van der Waals surface area (Å²) in [5.41, 5.74) is 12.1. The molecule has 262 valence electrons. The number of hydrogen-bond acceptors (Lipinski definition) is 2. The van der Waals surface area contributed by atoms with Gasteiger partial charge in [-0.2, -0.15) is 0 Å². The molecule has 0 unspecified atom stereocenters.